The van der Waals surface area contributed by atoms with Gasteiger partial charge in [-0.05, 0) is 40.0 Å². The lowest BCUT2D eigenvalue weighted by Crippen LogP contribution is -2.36. The number of amides is 2. The van der Waals surface area contributed by atoms with Gasteiger partial charge < -0.3 is 43.8 Å². The lowest BCUT2D eigenvalue weighted by molar-refractivity contribution is -0.158. The van der Waals surface area contributed by atoms with Crippen molar-refractivity contribution in [3.8, 4) is 0 Å². The predicted molar refractivity (Wildman–Crippen MR) is 192 cm³/mol. The van der Waals surface area contributed by atoms with E-state index in [0.29, 0.717) is 38.9 Å². The molecule has 0 saturated carbocycles. The van der Waals surface area contributed by atoms with Crippen molar-refractivity contribution in [1.82, 2.24) is 10.6 Å². The highest BCUT2D eigenvalue weighted by molar-refractivity contribution is 5.75. The first-order chi connectivity index (χ1) is 23.3. The summed E-state index contributed by atoms with van der Waals surface area (Å²) in [6.07, 6.45) is 13.0. The van der Waals surface area contributed by atoms with Gasteiger partial charge in [0.2, 0.25) is 0 Å². The molecule has 12 nitrogen and oxygen atoms in total. The largest absolute Gasteiger partial charge is 0.462 e. The van der Waals surface area contributed by atoms with Gasteiger partial charge in [0.1, 0.15) is 25.9 Å². The Balaban J connectivity index is 3.83. The molecular weight excluding hydrogens is 632 g/mol. The zero-order valence-electron chi connectivity index (χ0n) is 32.3. The molecule has 49 heavy (non-hydrogen) atoms. The van der Waals surface area contributed by atoms with Crippen molar-refractivity contribution < 1.29 is 47.5 Å². The maximum Gasteiger partial charge on any atom is 0.407 e. The lowest BCUT2D eigenvalue weighted by atomic mass is 9.87. The molecule has 0 bridgehead atoms. The molecule has 1 unspecified atom stereocenters. The summed E-state index contributed by atoms with van der Waals surface area (Å²) in [5.74, 6) is 0.132. The van der Waals surface area contributed by atoms with E-state index in [9.17, 15) is 14.4 Å². The van der Waals surface area contributed by atoms with E-state index in [0.717, 1.165) is 19.3 Å². The zero-order chi connectivity index (χ0) is 36.8. The fourth-order valence-corrected chi connectivity index (χ4v) is 4.60. The fourth-order valence-electron chi connectivity index (χ4n) is 4.60. The van der Waals surface area contributed by atoms with Crippen LogP contribution in [0.2, 0.25) is 0 Å². The van der Waals surface area contributed by atoms with Crippen LogP contribution in [0.4, 0.5) is 9.59 Å². The second kappa shape index (κ2) is 29.6. The summed E-state index contributed by atoms with van der Waals surface area (Å²) in [5, 5.41) is 5.24. The second-order valence-electron chi connectivity index (χ2n) is 14.3. The van der Waals surface area contributed by atoms with Crippen molar-refractivity contribution in [2.24, 2.45) is 11.3 Å². The number of hydrogen-bond donors (Lipinski definition) is 2. The zero-order valence-corrected chi connectivity index (χ0v) is 32.3. The van der Waals surface area contributed by atoms with Crippen LogP contribution >= 0.6 is 0 Å². The predicted octanol–water partition coefficient (Wildman–Crippen LogP) is 7.21. The first-order valence-electron chi connectivity index (χ1n) is 18.6. The first-order valence-corrected chi connectivity index (χ1v) is 18.6. The van der Waals surface area contributed by atoms with Crippen molar-refractivity contribution >= 4 is 18.2 Å². The molecule has 2 N–H and O–H groups in total. The van der Waals surface area contributed by atoms with Gasteiger partial charge in [-0.2, -0.15) is 0 Å². The summed E-state index contributed by atoms with van der Waals surface area (Å²) in [5.41, 5.74) is -1.13. The van der Waals surface area contributed by atoms with Gasteiger partial charge in [-0.1, -0.05) is 91.4 Å². The number of esters is 1. The van der Waals surface area contributed by atoms with Gasteiger partial charge in [0.25, 0.3) is 0 Å². The maximum atomic E-state index is 12.7. The molecule has 0 fully saturated rings. The molecule has 0 aromatic rings. The highest BCUT2D eigenvalue weighted by atomic mass is 16.6. The minimum Gasteiger partial charge on any atom is -0.462 e. The van der Waals surface area contributed by atoms with Crippen molar-refractivity contribution in [3.05, 3.63) is 0 Å². The van der Waals surface area contributed by atoms with Gasteiger partial charge in [-0.25, -0.2) is 9.59 Å². The van der Waals surface area contributed by atoms with Gasteiger partial charge in [0.15, 0.2) is 0 Å². The Kier molecular flexibility index (Phi) is 28.3. The summed E-state index contributed by atoms with van der Waals surface area (Å²) >= 11 is 0. The van der Waals surface area contributed by atoms with E-state index in [2.05, 4.69) is 31.4 Å². The van der Waals surface area contributed by atoms with E-state index in [1.54, 1.807) is 0 Å². The molecule has 0 rings (SSSR count). The second-order valence-corrected chi connectivity index (χ2v) is 14.3. The lowest BCUT2D eigenvalue weighted by Gasteiger charge is -2.25. The van der Waals surface area contributed by atoms with Crippen LogP contribution in [0.15, 0.2) is 0 Å². The number of ether oxygens (including phenoxy) is 7. The Bertz CT molecular complexity index is 838. The van der Waals surface area contributed by atoms with Gasteiger partial charge in [0.05, 0.1) is 37.4 Å². The summed E-state index contributed by atoms with van der Waals surface area (Å²) in [4.78, 5) is 36.6. The number of rotatable bonds is 32. The Hall–Kier alpha value is -2.15. The number of nitrogens with one attached hydrogen (secondary N) is 2. The average Bonchev–Trinajstić information content (AvgIpc) is 3.06. The Morgan fingerprint density at radius 2 is 1.12 bits per heavy atom. The molecule has 0 spiro atoms. The van der Waals surface area contributed by atoms with Gasteiger partial charge >= 0.3 is 18.2 Å². The Labute approximate surface area is 297 Å². The molecule has 0 aromatic heterocycles. The molecule has 290 valence electrons. The van der Waals surface area contributed by atoms with Crippen LogP contribution in [0.1, 0.15) is 126 Å². The van der Waals surface area contributed by atoms with Gasteiger partial charge in [0, 0.05) is 26.8 Å². The molecule has 0 heterocycles. The van der Waals surface area contributed by atoms with Crippen molar-refractivity contribution in [2.75, 3.05) is 73.1 Å². The summed E-state index contributed by atoms with van der Waals surface area (Å²) in [6, 6.07) is 0. The van der Waals surface area contributed by atoms with Gasteiger partial charge in [-0.3, -0.25) is 4.79 Å². The molecule has 2 amide bonds. The molecule has 0 aliphatic heterocycles. The number of hydrogen-bond acceptors (Lipinski definition) is 10. The molecule has 0 radical (unpaired) electrons. The molecule has 0 aromatic carbocycles. The summed E-state index contributed by atoms with van der Waals surface area (Å²) in [6.45, 7) is 16.5. The van der Waals surface area contributed by atoms with E-state index in [4.69, 9.17) is 33.2 Å². The number of alkyl carbamates (subject to hydrolysis) is 2. The number of carbonyl (C=O) groups is 3. The molecule has 0 saturated heterocycles. The standard InChI is InChI=1S/C37H72N2O10/c1-9-10-11-12-13-14-15-16-17-18-19-20-36(4,5)33(40)46-28-32(43-8)29-47-34(41)38-21-23-44-25-26-45-24-22-39-35(42)48-30-37(6,7)49-27-31(2)3/h31-32H,9-30H2,1-8H3,(H,38,41)(H,39,42). The highest BCUT2D eigenvalue weighted by Gasteiger charge is 2.29. The number of unbranched alkanes of at least 4 members (excludes halogenated alkanes) is 10. The molecule has 12 heteroatoms. The normalized spacial score (nSPS) is 12.5. The van der Waals surface area contributed by atoms with E-state index in [-0.39, 0.29) is 38.9 Å². The van der Waals surface area contributed by atoms with E-state index >= 15 is 0 Å². The number of carbonyl (C=O) groups excluding carboxylic acids is 3. The first kappa shape index (κ1) is 46.9. The van der Waals surface area contributed by atoms with E-state index in [1.807, 2.05) is 27.7 Å². The van der Waals surface area contributed by atoms with Crippen molar-refractivity contribution in [2.45, 2.75) is 137 Å². The fraction of sp³-hybridized carbons (Fsp3) is 0.919. The quantitative estimate of drug-likeness (QED) is 0.0420. The average molecular weight is 705 g/mol. The summed E-state index contributed by atoms with van der Waals surface area (Å²) in [7, 11) is 1.49. The SMILES string of the molecule is CCCCCCCCCCCCCC(C)(C)C(=O)OCC(COC(=O)NCCOCCOCCNC(=O)OCC(C)(C)OCC(C)C)OC. The molecule has 1 atom stereocenters. The van der Waals surface area contributed by atoms with Crippen molar-refractivity contribution in [1.29, 1.82) is 0 Å². The smallest absolute Gasteiger partial charge is 0.407 e. The van der Waals surface area contributed by atoms with Crippen LogP contribution < -0.4 is 10.6 Å². The highest BCUT2D eigenvalue weighted by Crippen LogP contribution is 2.26. The van der Waals surface area contributed by atoms with E-state index in [1.165, 1.54) is 64.9 Å². The minimum absolute atomic E-state index is 0.00962. The third-order valence-electron chi connectivity index (χ3n) is 7.85. The van der Waals surface area contributed by atoms with Crippen LogP contribution in [-0.2, 0) is 38.0 Å². The molecule has 0 aliphatic carbocycles. The minimum atomic E-state index is -0.613. The maximum absolute atomic E-state index is 12.7. The molecular formula is C37H72N2O10. The third-order valence-corrected chi connectivity index (χ3v) is 7.85. The van der Waals surface area contributed by atoms with Crippen LogP contribution in [0.25, 0.3) is 0 Å². The Morgan fingerprint density at radius 3 is 1.63 bits per heavy atom. The van der Waals surface area contributed by atoms with Crippen molar-refractivity contribution in [3.63, 3.8) is 0 Å². The monoisotopic (exact) mass is 705 g/mol. The van der Waals surface area contributed by atoms with Crippen LogP contribution in [0, 0.1) is 11.3 Å². The van der Waals surface area contributed by atoms with Crippen LogP contribution in [0.5, 0.6) is 0 Å². The van der Waals surface area contributed by atoms with E-state index < -0.39 is 29.3 Å². The Morgan fingerprint density at radius 1 is 0.633 bits per heavy atom. The topological polar surface area (TPSA) is 140 Å². The third kappa shape index (κ3) is 29.3. The number of methoxy groups -OCH3 is 1. The molecule has 0 aliphatic rings. The van der Waals surface area contributed by atoms with Crippen LogP contribution in [-0.4, -0.2) is 103 Å². The van der Waals surface area contributed by atoms with Crippen LogP contribution in [0.3, 0.4) is 0 Å². The summed E-state index contributed by atoms with van der Waals surface area (Å²) < 4.78 is 37.9. The van der Waals surface area contributed by atoms with Gasteiger partial charge in [-0.15, -0.1) is 0 Å².